The number of aromatic nitrogens is 4. The first-order valence-electron chi connectivity index (χ1n) is 13.8. The SMILES string of the molecule is Nc1nc2c(ncn2[C@@H]2O[C@H](COC(=O)c3ccc(C(=O)c4ccccc4)c(COP(=O)(O)OP(=O)(O)OP(=O)(O)O)c3)[C@@H](O)[C@H]2O)c(=O)[nH]1. The lowest BCUT2D eigenvalue weighted by molar-refractivity contribution is -0.0565. The van der Waals surface area contributed by atoms with E-state index in [1.165, 1.54) is 12.1 Å². The molecule has 9 N–H and O–H groups in total. The molecule has 0 amide bonds. The number of carbonyl (C=O) groups is 2. The molecule has 2 aromatic heterocycles. The number of aromatic amines is 1. The summed E-state index contributed by atoms with van der Waals surface area (Å²) < 4.78 is 59.2. The first kappa shape index (κ1) is 37.3. The third-order valence-electron chi connectivity index (χ3n) is 6.86. The Labute approximate surface area is 278 Å². The number of phosphoric ester groups is 1. The number of ketones is 1. The topological polar surface area (TPSA) is 342 Å². The molecule has 50 heavy (non-hydrogen) atoms. The molecule has 268 valence electrons. The van der Waals surface area contributed by atoms with Crippen molar-refractivity contribution < 1.29 is 75.7 Å². The number of aliphatic hydroxyl groups is 2. The maximum absolute atomic E-state index is 13.2. The number of hydrogen-bond donors (Lipinski definition) is 8. The van der Waals surface area contributed by atoms with E-state index in [9.17, 15) is 48.1 Å². The molecule has 25 heteroatoms. The Hall–Kier alpha value is -3.98. The number of nitrogens with two attached hydrogens (primary N) is 1. The van der Waals surface area contributed by atoms with Crippen LogP contribution in [0.25, 0.3) is 11.2 Å². The van der Waals surface area contributed by atoms with Crippen LogP contribution in [0.2, 0.25) is 0 Å². The van der Waals surface area contributed by atoms with Gasteiger partial charge in [-0.05, 0) is 23.8 Å². The number of esters is 1. The lowest BCUT2D eigenvalue weighted by atomic mass is 9.97. The molecule has 0 spiro atoms. The summed E-state index contributed by atoms with van der Waals surface area (Å²) in [4.78, 5) is 85.4. The van der Waals surface area contributed by atoms with E-state index >= 15 is 0 Å². The predicted molar refractivity (Wildman–Crippen MR) is 164 cm³/mol. The summed E-state index contributed by atoms with van der Waals surface area (Å²) in [6.07, 6.45) is -4.75. The van der Waals surface area contributed by atoms with Crippen molar-refractivity contribution in [1.82, 2.24) is 19.5 Å². The first-order chi connectivity index (χ1) is 23.3. The van der Waals surface area contributed by atoms with Gasteiger partial charge in [-0.1, -0.05) is 30.3 Å². The van der Waals surface area contributed by atoms with Crippen LogP contribution in [0.1, 0.15) is 38.1 Å². The molecule has 6 atom stereocenters. The van der Waals surface area contributed by atoms with Gasteiger partial charge < -0.3 is 45.0 Å². The monoisotopic (exact) mass is 761 g/mol. The summed E-state index contributed by atoms with van der Waals surface area (Å²) in [5.41, 5.74) is 4.19. The molecule has 5 rings (SSSR count). The minimum Gasteiger partial charge on any atom is -0.459 e. The van der Waals surface area contributed by atoms with Crippen LogP contribution in [0.4, 0.5) is 5.95 Å². The number of anilines is 1. The summed E-state index contributed by atoms with van der Waals surface area (Å²) in [7, 11) is -17.1. The maximum atomic E-state index is 13.2. The van der Waals surface area contributed by atoms with E-state index in [-0.39, 0.29) is 39.4 Å². The first-order valence-corrected chi connectivity index (χ1v) is 18.3. The lowest BCUT2D eigenvalue weighted by Crippen LogP contribution is -2.34. The average molecular weight is 761 g/mol. The van der Waals surface area contributed by atoms with Crippen molar-refractivity contribution in [2.24, 2.45) is 0 Å². The van der Waals surface area contributed by atoms with Crippen molar-refractivity contribution in [3.8, 4) is 0 Å². The molecule has 1 fully saturated rings. The minimum atomic E-state index is -5.85. The van der Waals surface area contributed by atoms with Crippen LogP contribution in [-0.2, 0) is 42.9 Å². The van der Waals surface area contributed by atoms with Crippen molar-refractivity contribution in [1.29, 1.82) is 0 Å². The van der Waals surface area contributed by atoms with Gasteiger partial charge in [-0.15, -0.1) is 0 Å². The van der Waals surface area contributed by atoms with Crippen molar-refractivity contribution in [2.75, 3.05) is 12.3 Å². The van der Waals surface area contributed by atoms with E-state index in [2.05, 4.69) is 28.1 Å². The zero-order valence-corrected chi connectivity index (χ0v) is 27.5. The molecule has 3 heterocycles. The Bertz CT molecular complexity index is 2140. The van der Waals surface area contributed by atoms with E-state index in [4.69, 9.17) is 25.0 Å². The van der Waals surface area contributed by atoms with Crippen LogP contribution in [0.3, 0.4) is 0 Å². The minimum absolute atomic E-state index is 0.0611. The van der Waals surface area contributed by atoms with Gasteiger partial charge in [0.15, 0.2) is 23.2 Å². The summed E-state index contributed by atoms with van der Waals surface area (Å²) in [6.45, 7) is -1.69. The van der Waals surface area contributed by atoms with Crippen LogP contribution in [-0.4, -0.2) is 86.0 Å². The molecule has 2 unspecified atom stereocenters. The third-order valence-corrected chi connectivity index (χ3v) is 10.6. The number of aliphatic hydroxyl groups excluding tert-OH is 2. The number of fused-ring (bicyclic) bond motifs is 1. The lowest BCUT2D eigenvalue weighted by Gasteiger charge is -2.18. The molecule has 0 saturated carbocycles. The van der Waals surface area contributed by atoms with E-state index in [0.717, 1.165) is 29.1 Å². The Morgan fingerprint density at radius 2 is 1.66 bits per heavy atom. The van der Waals surface area contributed by atoms with E-state index in [0.29, 0.717) is 0 Å². The molecule has 4 aromatic rings. The number of benzene rings is 2. The Kier molecular flexibility index (Phi) is 10.7. The second kappa shape index (κ2) is 14.3. The van der Waals surface area contributed by atoms with Crippen molar-refractivity contribution >= 4 is 52.3 Å². The number of carbonyl (C=O) groups excluding carboxylic acids is 2. The van der Waals surface area contributed by atoms with Gasteiger partial charge in [-0.2, -0.15) is 13.6 Å². The summed E-state index contributed by atoms with van der Waals surface area (Å²) >= 11 is 0. The number of phosphoric acid groups is 3. The number of nitrogens with zero attached hydrogens (tertiary/aromatic N) is 3. The highest BCUT2D eigenvalue weighted by Crippen LogP contribution is 2.66. The number of nitrogens with one attached hydrogen (secondary N) is 1. The number of imidazole rings is 1. The fourth-order valence-electron chi connectivity index (χ4n) is 4.73. The average Bonchev–Trinajstić information content (AvgIpc) is 3.57. The summed E-state index contributed by atoms with van der Waals surface area (Å²) in [6, 6.07) is 10.9. The fraction of sp³-hybridized carbons (Fsp3) is 0.240. The van der Waals surface area contributed by atoms with Crippen LogP contribution in [0, 0.1) is 0 Å². The van der Waals surface area contributed by atoms with Gasteiger partial charge in [0.2, 0.25) is 5.95 Å². The smallest absolute Gasteiger partial charge is 0.459 e. The quantitative estimate of drug-likeness (QED) is 0.0514. The van der Waals surface area contributed by atoms with Crippen molar-refractivity contribution in [3.63, 3.8) is 0 Å². The second-order valence-corrected chi connectivity index (χ2v) is 14.8. The predicted octanol–water partition coefficient (Wildman–Crippen LogP) is 0.252. The van der Waals surface area contributed by atoms with Crippen LogP contribution in [0.5, 0.6) is 0 Å². The Morgan fingerprint density at radius 1 is 0.960 bits per heavy atom. The molecule has 0 aliphatic carbocycles. The summed E-state index contributed by atoms with van der Waals surface area (Å²) in [5, 5.41) is 21.3. The van der Waals surface area contributed by atoms with Crippen LogP contribution >= 0.6 is 23.5 Å². The number of ether oxygens (including phenoxy) is 2. The third kappa shape index (κ3) is 8.66. The second-order valence-electron chi connectivity index (χ2n) is 10.4. The summed E-state index contributed by atoms with van der Waals surface area (Å²) in [5.74, 6) is -1.98. The molecule has 1 saturated heterocycles. The van der Waals surface area contributed by atoms with Gasteiger partial charge >= 0.3 is 29.4 Å². The molecular weight excluding hydrogens is 735 g/mol. The number of hydrogen-bond acceptors (Lipinski definition) is 16. The Balaban J connectivity index is 1.33. The van der Waals surface area contributed by atoms with Gasteiger partial charge in [0.1, 0.15) is 24.9 Å². The molecule has 0 bridgehead atoms. The molecule has 0 radical (unpaired) electrons. The molecule has 22 nitrogen and oxygen atoms in total. The number of H-pyrrole nitrogens is 1. The van der Waals surface area contributed by atoms with Crippen LogP contribution < -0.4 is 11.3 Å². The van der Waals surface area contributed by atoms with Gasteiger partial charge in [0, 0.05) is 11.1 Å². The van der Waals surface area contributed by atoms with E-state index in [1.54, 1.807) is 18.2 Å². The largest absolute Gasteiger partial charge is 0.490 e. The fourth-order valence-corrected chi connectivity index (χ4v) is 7.72. The van der Waals surface area contributed by atoms with Crippen LogP contribution in [0.15, 0.2) is 59.7 Å². The molecule has 1 aliphatic rings. The van der Waals surface area contributed by atoms with Gasteiger partial charge in [-0.25, -0.2) is 23.5 Å². The van der Waals surface area contributed by atoms with Crippen molar-refractivity contribution in [2.45, 2.75) is 31.1 Å². The van der Waals surface area contributed by atoms with Gasteiger partial charge in [-0.3, -0.25) is 23.7 Å². The zero-order chi connectivity index (χ0) is 36.6. The maximum Gasteiger partial charge on any atom is 0.490 e. The highest BCUT2D eigenvalue weighted by atomic mass is 31.3. The van der Waals surface area contributed by atoms with Gasteiger partial charge in [0.25, 0.3) is 5.56 Å². The molecular formula is C25H26N5O17P3. The highest BCUT2D eigenvalue weighted by Gasteiger charge is 2.45. The van der Waals surface area contributed by atoms with E-state index < -0.39 is 78.5 Å². The zero-order valence-electron chi connectivity index (χ0n) is 24.9. The Morgan fingerprint density at radius 3 is 2.34 bits per heavy atom. The number of rotatable bonds is 13. The highest BCUT2D eigenvalue weighted by molar-refractivity contribution is 7.66. The molecule has 2 aromatic carbocycles. The standard InChI is InChI=1S/C25H26N5O17P3/c26-25-28-21-17(22(34)29-25)27-11-30(21)23-20(33)19(32)16(45-23)10-43-24(35)13-6-7-15(18(31)12-4-2-1-3-5-12)14(8-13)9-44-49(39,40)47-50(41,42)46-48(36,37)38/h1-8,11,16,19-20,23,32-33H,9-10H2,(H,39,40)(H,41,42)(H2,36,37,38)(H3,26,28,29,34)/t16-,19-,20-,23-/m1/s1. The number of nitrogen functional groups attached to an aromatic ring is 1. The van der Waals surface area contributed by atoms with Crippen molar-refractivity contribution in [3.05, 3.63) is 87.5 Å². The van der Waals surface area contributed by atoms with Gasteiger partial charge in [0.05, 0.1) is 18.5 Å². The molecule has 1 aliphatic heterocycles. The normalized spacial score (nSPS) is 21.8. The van der Waals surface area contributed by atoms with E-state index in [1.807, 2.05) is 0 Å².